The highest BCUT2D eigenvalue weighted by Crippen LogP contribution is 2.40. The van der Waals surface area contributed by atoms with E-state index in [1.807, 2.05) is 67.6 Å². The first-order valence-corrected chi connectivity index (χ1v) is 9.11. The van der Waals surface area contributed by atoms with Gasteiger partial charge in [-0.15, -0.1) is 0 Å². The Morgan fingerprint density at radius 3 is 2.08 bits per heavy atom. The van der Waals surface area contributed by atoms with Gasteiger partial charge in [-0.05, 0) is 18.1 Å². The molecular weight excluding hydrogens is 321 g/mol. The van der Waals surface area contributed by atoms with Crippen LogP contribution in [0, 0.1) is 0 Å². The SMILES string of the molecule is C=C(C=CC=CC)CC1(F)CN(C(c2ccccc2)c2ccccc2)C1. The summed E-state index contributed by atoms with van der Waals surface area (Å²) in [4.78, 5) is 2.22. The maximum atomic E-state index is 15.2. The van der Waals surface area contributed by atoms with Crippen molar-refractivity contribution in [2.24, 2.45) is 0 Å². The smallest absolute Gasteiger partial charge is 0.140 e. The lowest BCUT2D eigenvalue weighted by molar-refractivity contribution is -0.0483. The Bertz CT molecular complexity index is 731. The lowest BCUT2D eigenvalue weighted by Gasteiger charge is -2.49. The highest BCUT2D eigenvalue weighted by atomic mass is 19.1. The van der Waals surface area contributed by atoms with Crippen molar-refractivity contribution in [2.45, 2.75) is 25.1 Å². The van der Waals surface area contributed by atoms with Crippen LogP contribution in [0.1, 0.15) is 30.5 Å². The van der Waals surface area contributed by atoms with E-state index in [2.05, 4.69) is 35.7 Å². The molecule has 0 aliphatic carbocycles. The van der Waals surface area contributed by atoms with Crippen LogP contribution in [-0.2, 0) is 0 Å². The quantitative estimate of drug-likeness (QED) is 0.565. The van der Waals surface area contributed by atoms with Crippen molar-refractivity contribution in [3.8, 4) is 0 Å². The molecule has 0 radical (unpaired) electrons. The van der Waals surface area contributed by atoms with Crippen molar-refractivity contribution in [2.75, 3.05) is 13.1 Å². The number of benzene rings is 2. The molecule has 0 bridgehead atoms. The molecule has 0 unspecified atom stereocenters. The summed E-state index contributed by atoms with van der Waals surface area (Å²) in [6.45, 7) is 6.82. The first kappa shape index (κ1) is 18.3. The van der Waals surface area contributed by atoms with E-state index in [9.17, 15) is 0 Å². The van der Waals surface area contributed by atoms with E-state index >= 15 is 4.39 Å². The standard InChI is InChI=1S/C24H26FN/c1-3-4-7-12-20(2)17-24(25)18-26(19-24)23(21-13-8-5-9-14-21)22-15-10-6-11-16-22/h3-16,23H,2,17-19H2,1H3. The van der Waals surface area contributed by atoms with E-state index in [0.29, 0.717) is 19.5 Å². The Morgan fingerprint density at radius 1 is 1.04 bits per heavy atom. The molecule has 1 fully saturated rings. The van der Waals surface area contributed by atoms with E-state index in [1.54, 1.807) is 0 Å². The van der Waals surface area contributed by atoms with Crippen molar-refractivity contribution >= 4 is 0 Å². The summed E-state index contributed by atoms with van der Waals surface area (Å²) in [6.07, 6.45) is 8.08. The van der Waals surface area contributed by atoms with Gasteiger partial charge in [0.2, 0.25) is 0 Å². The van der Waals surface area contributed by atoms with E-state index in [1.165, 1.54) is 11.1 Å². The second kappa shape index (κ2) is 8.29. The van der Waals surface area contributed by atoms with Crippen molar-refractivity contribution in [3.63, 3.8) is 0 Å². The van der Waals surface area contributed by atoms with E-state index in [4.69, 9.17) is 0 Å². The van der Waals surface area contributed by atoms with Crippen molar-refractivity contribution in [1.82, 2.24) is 4.90 Å². The van der Waals surface area contributed by atoms with Gasteiger partial charge in [0.1, 0.15) is 5.67 Å². The molecule has 2 aromatic rings. The molecule has 1 nitrogen and oxygen atoms in total. The van der Waals surface area contributed by atoms with Gasteiger partial charge in [0.25, 0.3) is 0 Å². The second-order valence-corrected chi connectivity index (χ2v) is 7.00. The predicted molar refractivity (Wildman–Crippen MR) is 108 cm³/mol. The number of hydrogen-bond acceptors (Lipinski definition) is 1. The topological polar surface area (TPSA) is 3.24 Å². The van der Waals surface area contributed by atoms with Crippen LogP contribution in [0.3, 0.4) is 0 Å². The minimum absolute atomic E-state index is 0.0908. The highest BCUT2D eigenvalue weighted by Gasteiger charge is 2.46. The molecule has 0 amide bonds. The van der Waals surface area contributed by atoms with Crippen LogP contribution in [0.4, 0.5) is 4.39 Å². The Hall–Kier alpha value is -2.45. The molecule has 0 atom stereocenters. The Morgan fingerprint density at radius 2 is 1.58 bits per heavy atom. The largest absolute Gasteiger partial charge is 0.286 e. The van der Waals surface area contributed by atoms with Gasteiger partial charge in [-0.3, -0.25) is 4.90 Å². The van der Waals surface area contributed by atoms with Crippen LogP contribution in [0.5, 0.6) is 0 Å². The van der Waals surface area contributed by atoms with Gasteiger partial charge in [0.15, 0.2) is 0 Å². The molecule has 0 N–H and O–H groups in total. The highest BCUT2D eigenvalue weighted by molar-refractivity contribution is 5.33. The van der Waals surface area contributed by atoms with Gasteiger partial charge in [-0.25, -0.2) is 4.39 Å². The number of rotatable bonds is 7. The molecule has 2 heteroatoms. The molecule has 1 heterocycles. The summed E-state index contributed by atoms with van der Waals surface area (Å²) in [5, 5.41) is 0. The van der Waals surface area contributed by atoms with Crippen LogP contribution in [0.15, 0.2) is 97.1 Å². The van der Waals surface area contributed by atoms with Gasteiger partial charge >= 0.3 is 0 Å². The summed E-state index contributed by atoms with van der Waals surface area (Å²) in [6, 6.07) is 20.8. The molecular formula is C24H26FN. The third-order valence-electron chi connectivity index (χ3n) is 4.75. The van der Waals surface area contributed by atoms with Crippen molar-refractivity contribution in [1.29, 1.82) is 0 Å². The Labute approximate surface area is 156 Å². The number of hydrogen-bond donors (Lipinski definition) is 0. The summed E-state index contributed by atoms with van der Waals surface area (Å²) in [5.41, 5.74) is 2.04. The van der Waals surface area contributed by atoms with E-state index < -0.39 is 5.67 Å². The second-order valence-electron chi connectivity index (χ2n) is 7.00. The number of likely N-dealkylation sites (tertiary alicyclic amines) is 1. The van der Waals surface area contributed by atoms with Crippen LogP contribution < -0.4 is 0 Å². The number of allylic oxidation sites excluding steroid dienone is 5. The Balaban J connectivity index is 1.72. The molecule has 26 heavy (non-hydrogen) atoms. The van der Waals surface area contributed by atoms with Crippen LogP contribution in [-0.4, -0.2) is 23.7 Å². The summed E-state index contributed by atoms with van der Waals surface area (Å²) < 4.78 is 15.2. The number of halogens is 1. The lowest BCUT2D eigenvalue weighted by atomic mass is 9.84. The van der Waals surface area contributed by atoms with E-state index in [0.717, 1.165) is 5.57 Å². The van der Waals surface area contributed by atoms with Gasteiger partial charge in [0, 0.05) is 19.5 Å². The molecule has 0 saturated carbocycles. The molecule has 1 aliphatic heterocycles. The first-order valence-electron chi connectivity index (χ1n) is 9.11. The number of nitrogens with zero attached hydrogens (tertiary/aromatic N) is 1. The van der Waals surface area contributed by atoms with Gasteiger partial charge in [-0.1, -0.05) is 97.1 Å². The predicted octanol–water partition coefficient (Wildman–Crippen LogP) is 5.88. The first-order chi connectivity index (χ1) is 12.6. The van der Waals surface area contributed by atoms with Gasteiger partial charge in [-0.2, -0.15) is 0 Å². The fourth-order valence-corrected chi connectivity index (χ4v) is 3.63. The van der Waals surface area contributed by atoms with Gasteiger partial charge in [0.05, 0.1) is 6.04 Å². The molecule has 1 saturated heterocycles. The number of alkyl halides is 1. The zero-order valence-electron chi connectivity index (χ0n) is 15.3. The average Bonchev–Trinajstić information content (AvgIpc) is 2.62. The molecule has 134 valence electrons. The minimum atomic E-state index is -1.20. The van der Waals surface area contributed by atoms with E-state index in [-0.39, 0.29) is 6.04 Å². The lowest BCUT2D eigenvalue weighted by Crippen LogP contribution is -2.60. The summed E-state index contributed by atoms with van der Waals surface area (Å²) >= 11 is 0. The molecule has 0 spiro atoms. The maximum Gasteiger partial charge on any atom is 0.140 e. The van der Waals surface area contributed by atoms with Crippen LogP contribution >= 0.6 is 0 Å². The third kappa shape index (κ3) is 4.39. The maximum absolute atomic E-state index is 15.2. The molecule has 0 aromatic heterocycles. The normalized spacial score (nSPS) is 17.0. The average molecular weight is 347 g/mol. The van der Waals surface area contributed by atoms with Crippen molar-refractivity contribution < 1.29 is 4.39 Å². The summed E-state index contributed by atoms with van der Waals surface area (Å²) in [7, 11) is 0. The molecule has 1 aliphatic rings. The third-order valence-corrected chi connectivity index (χ3v) is 4.75. The Kier molecular flexibility index (Phi) is 5.85. The zero-order chi connectivity index (χ0) is 18.4. The molecule has 2 aromatic carbocycles. The fraction of sp³-hybridized carbons (Fsp3) is 0.250. The monoisotopic (exact) mass is 347 g/mol. The summed E-state index contributed by atoms with van der Waals surface area (Å²) in [5.74, 6) is 0. The zero-order valence-corrected chi connectivity index (χ0v) is 15.3. The molecule has 3 rings (SSSR count). The minimum Gasteiger partial charge on any atom is -0.286 e. The van der Waals surface area contributed by atoms with Gasteiger partial charge < -0.3 is 0 Å². The van der Waals surface area contributed by atoms with Crippen LogP contribution in [0.25, 0.3) is 0 Å². The van der Waals surface area contributed by atoms with Crippen molar-refractivity contribution in [3.05, 3.63) is 108 Å². The fourth-order valence-electron chi connectivity index (χ4n) is 3.63. The van der Waals surface area contributed by atoms with Crippen LogP contribution in [0.2, 0.25) is 0 Å².